The van der Waals surface area contributed by atoms with Crippen LogP contribution >= 0.6 is 0 Å². The van der Waals surface area contributed by atoms with Gasteiger partial charge in [0.15, 0.2) is 0 Å². The molecule has 0 aliphatic rings. The number of imidazole rings is 1. The molecule has 6 N–H and O–H groups in total. The average molecular weight is 402 g/mol. The van der Waals surface area contributed by atoms with E-state index in [-0.39, 0.29) is 36.5 Å². The van der Waals surface area contributed by atoms with Crippen LogP contribution in [0, 0.1) is 0 Å². The molecule has 0 saturated heterocycles. The number of aromatic nitrogens is 2. The van der Waals surface area contributed by atoms with E-state index in [9.17, 15) is 19.5 Å². The summed E-state index contributed by atoms with van der Waals surface area (Å²) >= 11 is 0. The van der Waals surface area contributed by atoms with Crippen molar-refractivity contribution in [2.45, 2.75) is 37.8 Å². The molecule has 0 bridgehead atoms. The normalized spacial score (nSPS) is 12.6. The van der Waals surface area contributed by atoms with Crippen molar-refractivity contribution in [2.24, 2.45) is 11.5 Å². The van der Waals surface area contributed by atoms with Gasteiger partial charge in [-0.2, -0.15) is 0 Å². The van der Waals surface area contributed by atoms with Gasteiger partial charge in [-0.05, 0) is 38.3 Å². The van der Waals surface area contributed by atoms with E-state index in [0.717, 1.165) is 0 Å². The minimum absolute atomic E-state index is 0. The van der Waals surface area contributed by atoms with Crippen molar-refractivity contribution < 1.29 is 36.6 Å². The fraction of sp³-hybridized carbons (Fsp3) is 0.571. The number of aliphatic carboxylic acids is 1. The molecule has 1 aromatic rings. The van der Waals surface area contributed by atoms with Gasteiger partial charge in [0.25, 0.3) is 0 Å². The third kappa shape index (κ3) is 8.64. The van der Waals surface area contributed by atoms with Gasteiger partial charge in [0.1, 0.15) is 0 Å². The molecule has 144 valence electrons. The fourth-order valence-electron chi connectivity index (χ4n) is 2.03. The Morgan fingerprint density at radius 1 is 1.32 bits per heavy atom. The molecule has 0 spiro atoms. The third-order valence-corrected chi connectivity index (χ3v) is 3.28. The maximum Gasteiger partial charge on any atom is 1.00 e. The zero-order chi connectivity index (χ0) is 17.9. The minimum atomic E-state index is -1.40. The summed E-state index contributed by atoms with van der Waals surface area (Å²) in [7, 11) is 0. The van der Waals surface area contributed by atoms with Crippen LogP contribution < -0.4 is 21.9 Å². The van der Waals surface area contributed by atoms with E-state index in [1.807, 2.05) is 0 Å². The van der Waals surface area contributed by atoms with E-state index >= 15 is 0 Å². The molecule has 0 saturated carbocycles. The fourth-order valence-corrected chi connectivity index (χ4v) is 2.03. The van der Waals surface area contributed by atoms with Crippen LogP contribution in [-0.2, 0) is 37.9 Å². The Labute approximate surface area is 156 Å². The molecule has 0 aliphatic heterocycles. The molecule has 2 atom stereocenters. The van der Waals surface area contributed by atoms with Crippen LogP contribution in [0.1, 0.15) is 25.0 Å². The van der Waals surface area contributed by atoms with E-state index in [0.29, 0.717) is 25.1 Å². The second kappa shape index (κ2) is 12.4. The number of carbonyl (C=O) groups is 3. The Hall–Kier alpha value is -1.94. The Bertz CT molecular complexity index is 539. The molecule has 0 radical (unpaired) electrons. The zero-order valence-electron chi connectivity index (χ0n) is 13.5. The number of carboxylic acid groups (broad SMARTS) is 1. The third-order valence-electron chi connectivity index (χ3n) is 3.28. The van der Waals surface area contributed by atoms with Gasteiger partial charge < -0.3 is 41.8 Å². The van der Waals surface area contributed by atoms with Gasteiger partial charge in [-0.15, -0.1) is 0 Å². The van der Waals surface area contributed by atoms with Gasteiger partial charge >= 0.3 is 17.1 Å². The van der Waals surface area contributed by atoms with E-state index in [1.165, 1.54) is 6.33 Å². The minimum Gasteiger partial charge on any atom is -0.642 e. The molecule has 1 heterocycles. The molecule has 25 heavy (non-hydrogen) atoms. The van der Waals surface area contributed by atoms with Gasteiger partial charge in [-0.1, -0.05) is 0 Å². The number of nitrogens with zero attached hydrogens (tertiary/aromatic N) is 2. The Balaban J connectivity index is 0.00000576. The number of unbranched alkanes of at least 4 members (excludes halogenated alkanes) is 1. The van der Waals surface area contributed by atoms with Crippen molar-refractivity contribution in [3.63, 3.8) is 0 Å². The second-order valence-corrected chi connectivity index (χ2v) is 5.17. The summed E-state index contributed by atoms with van der Waals surface area (Å²) in [5.74, 6) is -2.75. The number of rotatable bonds is 11. The molecule has 0 aliphatic carbocycles. The number of carboxylic acids is 1. The summed E-state index contributed by atoms with van der Waals surface area (Å²) in [6, 6.07) is -2.28. The Morgan fingerprint density at radius 3 is 2.56 bits per heavy atom. The number of amides is 2. The number of carbonyl (C=O) groups excluding carboxylic acids is 3. The van der Waals surface area contributed by atoms with Crippen LogP contribution in [0.3, 0.4) is 0 Å². The van der Waals surface area contributed by atoms with Crippen molar-refractivity contribution in [1.82, 2.24) is 15.3 Å². The zero-order valence-corrected chi connectivity index (χ0v) is 14.5. The van der Waals surface area contributed by atoms with Gasteiger partial charge in [0.05, 0.1) is 29.9 Å². The number of hydrogen-bond donors (Lipinski definition) is 4. The Morgan fingerprint density at radius 2 is 2.04 bits per heavy atom. The van der Waals surface area contributed by atoms with Crippen molar-refractivity contribution in [1.29, 1.82) is 0 Å². The average Bonchev–Trinajstić information content (AvgIpc) is 3.06. The summed E-state index contributed by atoms with van der Waals surface area (Å²) in [5.41, 5.74) is 11.1. The van der Waals surface area contributed by atoms with Gasteiger partial charge in [0, 0.05) is 12.7 Å². The molecule has 2 amide bonds. The van der Waals surface area contributed by atoms with Crippen LogP contribution in [0.25, 0.3) is 5.32 Å². The predicted octanol–water partition coefficient (Wildman–Crippen LogP) is -2.46. The van der Waals surface area contributed by atoms with Gasteiger partial charge in [0.2, 0.25) is 5.91 Å². The predicted molar refractivity (Wildman–Crippen MR) is 83.3 cm³/mol. The molecular formula is C14H22CuN6O4-. The Kier molecular flexibility index (Phi) is 11.5. The van der Waals surface area contributed by atoms with E-state index < -0.39 is 29.9 Å². The molecular weight excluding hydrogens is 380 g/mol. The molecule has 0 aromatic carbocycles. The first-order chi connectivity index (χ1) is 11.5. The molecule has 11 heteroatoms. The largest absolute Gasteiger partial charge is 1.00 e. The molecule has 10 nitrogen and oxygen atoms in total. The maximum atomic E-state index is 12.3. The van der Waals surface area contributed by atoms with Crippen molar-refractivity contribution >= 4 is 17.8 Å². The molecule has 1 rings (SSSR count). The number of nitrogens with two attached hydrogens (primary N) is 2. The van der Waals surface area contributed by atoms with Gasteiger partial charge in [-0.25, -0.2) is 4.98 Å². The second-order valence-electron chi connectivity index (χ2n) is 5.17. The van der Waals surface area contributed by atoms with Crippen molar-refractivity contribution in [3.8, 4) is 0 Å². The smallest absolute Gasteiger partial charge is 0.642 e. The summed E-state index contributed by atoms with van der Waals surface area (Å²) < 4.78 is 0. The van der Waals surface area contributed by atoms with Crippen LogP contribution in [0.4, 0.5) is 0 Å². The van der Waals surface area contributed by atoms with Gasteiger partial charge in [-0.3, -0.25) is 4.79 Å². The first-order valence-corrected chi connectivity index (χ1v) is 7.60. The van der Waals surface area contributed by atoms with Crippen molar-refractivity contribution in [2.75, 3.05) is 13.1 Å². The molecule has 0 unspecified atom stereocenters. The van der Waals surface area contributed by atoms with Crippen LogP contribution in [0.15, 0.2) is 12.5 Å². The standard InChI is InChI=1S/C14H24N6O4.Cu/c15-4-2-1-3-10(14(23)24)20-13(22)11(19-12(21)6-16)5-9-7-17-8-18-9;/h7-8,10-11H,1-6,15-16H2,(H4,17,18,19,20,21,22,23,24);/q;+1/p-2/t10-,11-;/m0./s1. The number of hydrogen-bond acceptors (Lipinski definition) is 7. The molecule has 0 fully saturated rings. The van der Waals surface area contributed by atoms with E-state index in [1.54, 1.807) is 6.20 Å². The topological polar surface area (TPSA) is 181 Å². The first kappa shape index (κ1) is 23.1. The van der Waals surface area contributed by atoms with Crippen molar-refractivity contribution in [3.05, 3.63) is 23.5 Å². The summed E-state index contributed by atoms with van der Waals surface area (Å²) in [4.78, 5) is 41.6. The first-order valence-electron chi connectivity index (χ1n) is 7.60. The van der Waals surface area contributed by atoms with E-state index in [2.05, 4.69) is 20.6 Å². The molecule has 1 aromatic heterocycles. The quantitative estimate of drug-likeness (QED) is 0.234. The van der Waals surface area contributed by atoms with Crippen LogP contribution in [-0.4, -0.2) is 52.9 Å². The summed E-state index contributed by atoms with van der Waals surface area (Å²) in [5, 5.41) is 17.2. The number of nitrogens with one attached hydrogen (secondary N) is 2. The number of aromatic amines is 1. The van der Waals surface area contributed by atoms with Crippen LogP contribution in [0.2, 0.25) is 0 Å². The van der Waals surface area contributed by atoms with Crippen LogP contribution in [0.5, 0.6) is 0 Å². The SMILES string of the molecule is NCCCC[C@H](NC(=O)[C@H](Cc1c[nH]cn1)[N-]C(=O)CN)C(=O)[O-].[Cu+]. The maximum absolute atomic E-state index is 12.3. The summed E-state index contributed by atoms with van der Waals surface area (Å²) in [6.07, 6.45) is 4.37. The monoisotopic (exact) mass is 401 g/mol. The summed E-state index contributed by atoms with van der Waals surface area (Å²) in [6.45, 7) is 0.0839. The number of H-pyrrole nitrogens is 1. The van der Waals surface area contributed by atoms with E-state index in [4.69, 9.17) is 11.5 Å².